The van der Waals surface area contributed by atoms with Crippen molar-refractivity contribution < 1.29 is 9.50 Å². The Bertz CT molecular complexity index is 388. The lowest BCUT2D eigenvalue weighted by atomic mass is 10.1. The fourth-order valence-electron chi connectivity index (χ4n) is 2.25. The van der Waals surface area contributed by atoms with Crippen molar-refractivity contribution in [2.24, 2.45) is 0 Å². The van der Waals surface area contributed by atoms with Crippen LogP contribution in [0.4, 0.5) is 10.1 Å². The van der Waals surface area contributed by atoms with E-state index >= 15 is 0 Å². The van der Waals surface area contributed by atoms with Gasteiger partial charge in [0.1, 0.15) is 5.82 Å². The summed E-state index contributed by atoms with van der Waals surface area (Å²) in [7, 11) is 0. The summed E-state index contributed by atoms with van der Waals surface area (Å²) in [5, 5.41) is 9.75. The van der Waals surface area contributed by atoms with Gasteiger partial charge in [0.15, 0.2) is 0 Å². The van der Waals surface area contributed by atoms with Crippen LogP contribution in [-0.4, -0.2) is 17.7 Å². The molecule has 2 nitrogen and oxygen atoms in total. The number of benzene rings is 1. The predicted octanol–water partition coefficient (Wildman–Crippen LogP) is 3.26. The number of halogens is 1. The van der Waals surface area contributed by atoms with E-state index in [2.05, 4.69) is 11.8 Å². The molecule has 0 saturated heterocycles. The third-order valence-electron chi connectivity index (χ3n) is 3.20. The van der Waals surface area contributed by atoms with Crippen molar-refractivity contribution in [3.63, 3.8) is 0 Å². The third-order valence-corrected chi connectivity index (χ3v) is 3.20. The summed E-state index contributed by atoms with van der Waals surface area (Å²) in [5.74, 6) is -0.281. The smallest absolute Gasteiger partial charge is 0.123 e. The first-order valence-electron chi connectivity index (χ1n) is 6.37. The number of nitrogens with zero attached hydrogens (tertiary/aromatic N) is 1. The lowest BCUT2D eigenvalue weighted by Crippen LogP contribution is -2.27. The van der Waals surface area contributed by atoms with Gasteiger partial charge in [-0.1, -0.05) is 6.92 Å². The van der Waals surface area contributed by atoms with Crippen molar-refractivity contribution in [3.05, 3.63) is 29.6 Å². The average Bonchev–Trinajstić information content (AvgIpc) is 3.10. The van der Waals surface area contributed by atoms with Gasteiger partial charge in [0, 0.05) is 23.8 Å². The van der Waals surface area contributed by atoms with E-state index in [9.17, 15) is 9.50 Å². The van der Waals surface area contributed by atoms with Crippen molar-refractivity contribution in [2.75, 3.05) is 11.4 Å². The van der Waals surface area contributed by atoms with Gasteiger partial charge in [0.05, 0.1) is 6.10 Å². The monoisotopic (exact) mass is 237 g/mol. The second-order valence-corrected chi connectivity index (χ2v) is 4.80. The summed E-state index contributed by atoms with van der Waals surface area (Å²) < 4.78 is 13.2. The van der Waals surface area contributed by atoms with E-state index in [4.69, 9.17) is 0 Å². The van der Waals surface area contributed by atoms with Crippen LogP contribution in [0.3, 0.4) is 0 Å². The molecule has 1 saturated carbocycles. The standard InChI is InChI=1S/C14H20FNO/c1-3-8-16(12-5-6-12)14-7-4-11(15)9-13(14)10(2)17/h4,7,9-10,12,17H,3,5-6,8H2,1-2H3/t10-/m1/s1. The normalized spacial score (nSPS) is 16.9. The van der Waals surface area contributed by atoms with Crippen molar-refractivity contribution >= 4 is 5.69 Å². The van der Waals surface area contributed by atoms with Crippen LogP contribution in [0.25, 0.3) is 0 Å². The Labute approximate surface area is 102 Å². The van der Waals surface area contributed by atoms with E-state index in [0.717, 1.165) is 18.7 Å². The first-order valence-corrected chi connectivity index (χ1v) is 6.37. The average molecular weight is 237 g/mol. The lowest BCUT2D eigenvalue weighted by Gasteiger charge is -2.27. The Morgan fingerprint density at radius 2 is 2.18 bits per heavy atom. The van der Waals surface area contributed by atoms with E-state index in [-0.39, 0.29) is 5.82 Å². The van der Waals surface area contributed by atoms with E-state index < -0.39 is 6.10 Å². The molecular weight excluding hydrogens is 217 g/mol. The van der Waals surface area contributed by atoms with Crippen molar-refractivity contribution in [1.29, 1.82) is 0 Å². The topological polar surface area (TPSA) is 23.5 Å². The fourth-order valence-corrected chi connectivity index (χ4v) is 2.25. The lowest BCUT2D eigenvalue weighted by molar-refractivity contribution is 0.199. The second-order valence-electron chi connectivity index (χ2n) is 4.80. The number of anilines is 1. The Hall–Kier alpha value is -1.09. The van der Waals surface area contributed by atoms with E-state index in [1.165, 1.54) is 25.0 Å². The highest BCUT2D eigenvalue weighted by Crippen LogP contribution is 2.36. The maximum absolute atomic E-state index is 13.2. The highest BCUT2D eigenvalue weighted by Gasteiger charge is 2.30. The molecule has 1 aromatic carbocycles. The van der Waals surface area contributed by atoms with Crippen LogP contribution in [0.15, 0.2) is 18.2 Å². The van der Waals surface area contributed by atoms with Gasteiger partial charge in [-0.3, -0.25) is 0 Å². The molecule has 0 aliphatic heterocycles. The maximum atomic E-state index is 13.2. The molecule has 1 aliphatic rings. The molecule has 1 atom stereocenters. The second kappa shape index (κ2) is 5.05. The molecule has 0 radical (unpaired) electrons. The third kappa shape index (κ3) is 2.78. The molecule has 0 aromatic heterocycles. The molecule has 0 heterocycles. The number of rotatable bonds is 5. The Morgan fingerprint density at radius 3 is 2.71 bits per heavy atom. The van der Waals surface area contributed by atoms with Gasteiger partial charge in [-0.2, -0.15) is 0 Å². The Morgan fingerprint density at radius 1 is 1.47 bits per heavy atom. The van der Waals surface area contributed by atoms with Crippen molar-refractivity contribution in [3.8, 4) is 0 Å². The minimum atomic E-state index is -0.626. The van der Waals surface area contributed by atoms with Crippen LogP contribution in [0.2, 0.25) is 0 Å². The molecule has 0 amide bonds. The Kier molecular flexibility index (Phi) is 3.67. The summed E-state index contributed by atoms with van der Waals surface area (Å²) in [4.78, 5) is 2.31. The van der Waals surface area contributed by atoms with Gasteiger partial charge in [0.2, 0.25) is 0 Å². The molecule has 0 bridgehead atoms. The fraction of sp³-hybridized carbons (Fsp3) is 0.571. The number of hydrogen-bond donors (Lipinski definition) is 1. The van der Waals surface area contributed by atoms with Gasteiger partial charge in [-0.05, 0) is 44.4 Å². The molecule has 2 rings (SSSR count). The number of aliphatic hydroxyl groups excluding tert-OH is 1. The molecule has 1 fully saturated rings. The molecule has 94 valence electrons. The summed E-state index contributed by atoms with van der Waals surface area (Å²) in [5.41, 5.74) is 1.69. The minimum absolute atomic E-state index is 0.281. The molecule has 1 aromatic rings. The molecule has 1 N–H and O–H groups in total. The van der Waals surface area contributed by atoms with Crippen LogP contribution in [0, 0.1) is 5.82 Å². The first-order chi connectivity index (χ1) is 8.13. The molecule has 3 heteroatoms. The quantitative estimate of drug-likeness (QED) is 0.849. The van der Waals surface area contributed by atoms with Crippen molar-refractivity contribution in [1.82, 2.24) is 0 Å². The summed E-state index contributed by atoms with van der Waals surface area (Å²) >= 11 is 0. The summed E-state index contributed by atoms with van der Waals surface area (Å²) in [6, 6.07) is 5.31. The zero-order valence-corrected chi connectivity index (χ0v) is 10.5. The predicted molar refractivity (Wildman–Crippen MR) is 67.7 cm³/mol. The molecule has 1 aliphatic carbocycles. The molecular formula is C14H20FNO. The van der Waals surface area contributed by atoms with Crippen LogP contribution in [0.1, 0.15) is 44.8 Å². The Balaban J connectivity index is 2.34. The number of hydrogen-bond acceptors (Lipinski definition) is 2. The van der Waals surface area contributed by atoms with E-state index in [0.29, 0.717) is 11.6 Å². The van der Waals surface area contributed by atoms with Crippen LogP contribution >= 0.6 is 0 Å². The summed E-state index contributed by atoms with van der Waals surface area (Å²) in [6.45, 7) is 4.80. The zero-order valence-electron chi connectivity index (χ0n) is 10.5. The van der Waals surface area contributed by atoms with Crippen LogP contribution in [-0.2, 0) is 0 Å². The highest BCUT2D eigenvalue weighted by molar-refractivity contribution is 5.56. The van der Waals surface area contributed by atoms with Gasteiger partial charge < -0.3 is 10.0 Å². The number of aliphatic hydroxyl groups is 1. The van der Waals surface area contributed by atoms with Crippen molar-refractivity contribution in [2.45, 2.75) is 45.3 Å². The van der Waals surface area contributed by atoms with E-state index in [1.807, 2.05) is 0 Å². The SMILES string of the molecule is CCCN(c1ccc(F)cc1[C@@H](C)O)C1CC1. The molecule has 0 spiro atoms. The minimum Gasteiger partial charge on any atom is -0.389 e. The zero-order chi connectivity index (χ0) is 12.4. The maximum Gasteiger partial charge on any atom is 0.123 e. The van der Waals surface area contributed by atoms with Crippen LogP contribution < -0.4 is 4.90 Å². The highest BCUT2D eigenvalue weighted by atomic mass is 19.1. The largest absolute Gasteiger partial charge is 0.389 e. The van der Waals surface area contributed by atoms with Gasteiger partial charge in [-0.25, -0.2) is 4.39 Å². The van der Waals surface area contributed by atoms with E-state index in [1.54, 1.807) is 13.0 Å². The molecule has 17 heavy (non-hydrogen) atoms. The van der Waals surface area contributed by atoms with Crippen LogP contribution in [0.5, 0.6) is 0 Å². The molecule has 0 unspecified atom stereocenters. The van der Waals surface area contributed by atoms with Gasteiger partial charge >= 0.3 is 0 Å². The first kappa shape index (κ1) is 12.4. The van der Waals surface area contributed by atoms with Gasteiger partial charge in [-0.15, -0.1) is 0 Å². The van der Waals surface area contributed by atoms with Gasteiger partial charge in [0.25, 0.3) is 0 Å². The summed E-state index contributed by atoms with van der Waals surface area (Å²) in [6.07, 6.45) is 2.85.